The van der Waals surface area contributed by atoms with E-state index in [1.165, 1.54) is 26.7 Å². The van der Waals surface area contributed by atoms with Gasteiger partial charge in [0.1, 0.15) is 0 Å². The highest BCUT2D eigenvalue weighted by molar-refractivity contribution is 5.84. The van der Waals surface area contributed by atoms with Crippen molar-refractivity contribution in [2.45, 2.75) is 20.8 Å². The summed E-state index contributed by atoms with van der Waals surface area (Å²) in [6.07, 6.45) is 1.71. The zero-order chi connectivity index (χ0) is 19.1. The normalized spacial score (nSPS) is 10.7. The molecule has 6 heteroatoms. The number of hydrogen-bond donors (Lipinski definition) is 0. The number of carbonyl (C=O) groups is 1. The highest BCUT2D eigenvalue weighted by Crippen LogP contribution is 2.38. The van der Waals surface area contributed by atoms with Crippen molar-refractivity contribution in [2.24, 2.45) is 5.10 Å². The summed E-state index contributed by atoms with van der Waals surface area (Å²) in [5, 5.41) is 6.43. The van der Waals surface area contributed by atoms with E-state index in [4.69, 9.17) is 14.2 Å². The fourth-order valence-electron chi connectivity index (χ4n) is 2.40. The van der Waals surface area contributed by atoms with Crippen LogP contribution in [0.2, 0.25) is 0 Å². The number of esters is 1. The number of nitrogens with zero attached hydrogens (tertiary/aromatic N) is 2. The first-order valence-corrected chi connectivity index (χ1v) is 8.31. The predicted molar refractivity (Wildman–Crippen MR) is 103 cm³/mol. The van der Waals surface area contributed by atoms with Gasteiger partial charge in [-0.3, -0.25) is 9.80 Å². The molecule has 0 heterocycles. The Morgan fingerprint density at radius 2 is 1.69 bits per heavy atom. The summed E-state index contributed by atoms with van der Waals surface area (Å²) in [7, 11) is 3.01. The monoisotopic (exact) mass is 356 g/mol. The number of aryl methyl sites for hydroxylation is 1. The van der Waals surface area contributed by atoms with E-state index in [-0.39, 0.29) is 5.75 Å². The Labute approximate surface area is 154 Å². The highest BCUT2D eigenvalue weighted by Gasteiger charge is 2.15. The molecular formula is C20H24N2O4. The average molecular weight is 356 g/mol. The predicted octanol–water partition coefficient (Wildman–Crippen LogP) is 3.80. The van der Waals surface area contributed by atoms with Crippen LogP contribution in [-0.2, 0) is 4.79 Å². The fraction of sp³-hybridized carbons (Fsp3) is 0.300. The van der Waals surface area contributed by atoms with Crippen molar-refractivity contribution in [3.63, 3.8) is 0 Å². The molecule has 0 saturated heterocycles. The molecule has 0 N–H and O–H groups in total. The molecule has 0 aliphatic carbocycles. The third kappa shape index (κ3) is 4.75. The smallest absolute Gasteiger partial charge is 0.308 e. The Kier molecular flexibility index (Phi) is 6.60. The summed E-state index contributed by atoms with van der Waals surface area (Å²) in [6, 6.07) is 11.6. The maximum atomic E-state index is 11.3. The van der Waals surface area contributed by atoms with Gasteiger partial charge in [-0.15, -0.1) is 0 Å². The summed E-state index contributed by atoms with van der Waals surface area (Å²) in [6.45, 7) is 6.13. The van der Waals surface area contributed by atoms with Gasteiger partial charge in [0, 0.05) is 19.0 Å². The molecule has 0 aromatic heterocycles. The Morgan fingerprint density at radius 1 is 1.12 bits per heavy atom. The number of rotatable bonds is 7. The lowest BCUT2D eigenvalue weighted by atomic mass is 10.2. The fourth-order valence-corrected chi connectivity index (χ4v) is 2.40. The minimum absolute atomic E-state index is 0.255. The van der Waals surface area contributed by atoms with Crippen LogP contribution in [0.25, 0.3) is 0 Å². The Balaban J connectivity index is 2.33. The Morgan fingerprint density at radius 3 is 2.15 bits per heavy atom. The van der Waals surface area contributed by atoms with Gasteiger partial charge in [-0.1, -0.05) is 17.7 Å². The van der Waals surface area contributed by atoms with Crippen molar-refractivity contribution in [3.05, 3.63) is 47.5 Å². The second-order valence-electron chi connectivity index (χ2n) is 5.64. The molecule has 26 heavy (non-hydrogen) atoms. The third-order valence-corrected chi connectivity index (χ3v) is 3.71. The zero-order valence-electron chi connectivity index (χ0n) is 15.8. The van der Waals surface area contributed by atoms with Gasteiger partial charge < -0.3 is 14.2 Å². The first kappa shape index (κ1) is 19.3. The van der Waals surface area contributed by atoms with Crippen LogP contribution in [0.1, 0.15) is 25.0 Å². The van der Waals surface area contributed by atoms with Crippen molar-refractivity contribution in [3.8, 4) is 17.2 Å². The van der Waals surface area contributed by atoms with Crippen molar-refractivity contribution in [2.75, 3.05) is 25.8 Å². The lowest BCUT2D eigenvalue weighted by Gasteiger charge is -2.17. The van der Waals surface area contributed by atoms with Crippen LogP contribution in [0.15, 0.2) is 41.5 Å². The number of methoxy groups -OCH3 is 2. The second-order valence-corrected chi connectivity index (χ2v) is 5.64. The van der Waals surface area contributed by atoms with Crippen LogP contribution in [0.3, 0.4) is 0 Å². The quantitative estimate of drug-likeness (QED) is 0.327. The third-order valence-electron chi connectivity index (χ3n) is 3.71. The standard InChI is InChI=1S/C20H24N2O4/c1-6-22(17-9-7-14(2)8-10-17)21-13-16-11-18(24-4)20(26-15(3)23)19(12-16)25-5/h7-13H,6H2,1-5H3/b21-13+. The number of carbonyl (C=O) groups excluding carboxylic acids is 1. The van der Waals surface area contributed by atoms with E-state index in [1.807, 2.05) is 43.1 Å². The Hall–Kier alpha value is -3.02. The van der Waals surface area contributed by atoms with Gasteiger partial charge >= 0.3 is 5.97 Å². The lowest BCUT2D eigenvalue weighted by molar-refractivity contribution is -0.132. The molecule has 0 saturated carbocycles. The first-order valence-electron chi connectivity index (χ1n) is 8.31. The van der Waals surface area contributed by atoms with E-state index in [1.54, 1.807) is 18.3 Å². The van der Waals surface area contributed by atoms with Crippen molar-refractivity contribution in [1.82, 2.24) is 0 Å². The molecule has 2 rings (SSSR count). The SMILES string of the molecule is CCN(/N=C/c1cc(OC)c(OC(C)=O)c(OC)c1)c1ccc(C)cc1. The van der Waals surface area contributed by atoms with E-state index in [0.717, 1.165) is 17.8 Å². The van der Waals surface area contributed by atoms with Crippen LogP contribution >= 0.6 is 0 Å². The van der Waals surface area contributed by atoms with Gasteiger partial charge in [-0.2, -0.15) is 5.10 Å². The number of hydrazone groups is 1. The molecule has 0 unspecified atom stereocenters. The molecule has 0 amide bonds. The molecule has 2 aromatic carbocycles. The van der Waals surface area contributed by atoms with Gasteiger partial charge in [0.25, 0.3) is 0 Å². The van der Waals surface area contributed by atoms with Crippen molar-refractivity contribution >= 4 is 17.9 Å². The summed E-state index contributed by atoms with van der Waals surface area (Å²) < 4.78 is 15.9. The van der Waals surface area contributed by atoms with Crippen LogP contribution in [-0.4, -0.2) is 32.9 Å². The van der Waals surface area contributed by atoms with Crippen LogP contribution in [0, 0.1) is 6.92 Å². The topological polar surface area (TPSA) is 60.4 Å². The van der Waals surface area contributed by atoms with E-state index in [2.05, 4.69) is 5.10 Å². The molecular weight excluding hydrogens is 332 g/mol. The minimum atomic E-state index is -0.445. The van der Waals surface area contributed by atoms with Gasteiger partial charge in [-0.25, -0.2) is 0 Å². The van der Waals surface area contributed by atoms with E-state index < -0.39 is 5.97 Å². The molecule has 0 aliphatic heterocycles. The molecule has 0 fully saturated rings. The number of anilines is 1. The van der Waals surface area contributed by atoms with Crippen LogP contribution < -0.4 is 19.2 Å². The first-order chi connectivity index (χ1) is 12.5. The highest BCUT2D eigenvalue weighted by atomic mass is 16.6. The maximum Gasteiger partial charge on any atom is 0.308 e. The van der Waals surface area contributed by atoms with E-state index >= 15 is 0 Å². The molecule has 0 aliphatic rings. The van der Waals surface area contributed by atoms with Crippen LogP contribution in [0.5, 0.6) is 17.2 Å². The van der Waals surface area contributed by atoms with Gasteiger partial charge in [0.15, 0.2) is 11.5 Å². The second kappa shape index (κ2) is 8.89. The molecule has 0 bridgehead atoms. The summed E-state index contributed by atoms with van der Waals surface area (Å²) in [4.78, 5) is 11.3. The zero-order valence-corrected chi connectivity index (χ0v) is 15.8. The molecule has 0 atom stereocenters. The van der Waals surface area contributed by atoms with Crippen molar-refractivity contribution in [1.29, 1.82) is 0 Å². The van der Waals surface area contributed by atoms with Gasteiger partial charge in [-0.05, 0) is 38.1 Å². The number of benzene rings is 2. The molecule has 0 radical (unpaired) electrons. The largest absolute Gasteiger partial charge is 0.493 e. The number of hydrogen-bond acceptors (Lipinski definition) is 6. The summed E-state index contributed by atoms with van der Waals surface area (Å²) in [5.41, 5.74) is 2.97. The molecule has 6 nitrogen and oxygen atoms in total. The maximum absolute atomic E-state index is 11.3. The Bertz CT molecular complexity index is 760. The molecule has 0 spiro atoms. The van der Waals surface area contributed by atoms with Gasteiger partial charge in [0.05, 0.1) is 26.1 Å². The average Bonchev–Trinajstić information content (AvgIpc) is 2.63. The van der Waals surface area contributed by atoms with Crippen LogP contribution in [0.4, 0.5) is 5.69 Å². The van der Waals surface area contributed by atoms with E-state index in [9.17, 15) is 4.79 Å². The summed E-state index contributed by atoms with van der Waals surface area (Å²) in [5.74, 6) is 0.615. The molecule has 2 aromatic rings. The number of ether oxygens (including phenoxy) is 3. The van der Waals surface area contributed by atoms with Gasteiger partial charge in [0.2, 0.25) is 5.75 Å². The summed E-state index contributed by atoms with van der Waals surface area (Å²) >= 11 is 0. The molecule has 138 valence electrons. The van der Waals surface area contributed by atoms with E-state index in [0.29, 0.717) is 11.5 Å². The minimum Gasteiger partial charge on any atom is -0.493 e. The van der Waals surface area contributed by atoms with Crippen molar-refractivity contribution < 1.29 is 19.0 Å². The lowest BCUT2D eigenvalue weighted by Crippen LogP contribution is -2.15.